The molecule has 5 nitrogen and oxygen atoms in total. The summed E-state index contributed by atoms with van der Waals surface area (Å²) in [7, 11) is 1.63. The van der Waals surface area contributed by atoms with Crippen LogP contribution in [0.4, 0.5) is 0 Å². The third-order valence-electron chi connectivity index (χ3n) is 5.03. The van der Waals surface area contributed by atoms with Gasteiger partial charge in [-0.05, 0) is 50.8 Å². The second-order valence-corrected chi connectivity index (χ2v) is 8.13. The van der Waals surface area contributed by atoms with Gasteiger partial charge in [0.05, 0.1) is 13.2 Å². The van der Waals surface area contributed by atoms with E-state index in [1.807, 2.05) is 19.1 Å². The SMILES string of the molecule is COCC(C)NC(=O)CN1CCC(C(=O)c2ccc(CC(C)C)cc2)CC1. The standard InChI is InChI=1S/C22H34N2O3/c1-16(2)13-18-5-7-19(8-6-18)22(26)20-9-11-24(12-10-20)14-21(25)23-17(3)15-27-4/h5-8,16-17,20H,9-15H2,1-4H3,(H,23,25). The minimum absolute atomic E-state index is 0.0142. The number of hydrogen-bond acceptors (Lipinski definition) is 4. The van der Waals surface area contributed by atoms with Gasteiger partial charge in [-0.1, -0.05) is 38.1 Å². The Hall–Kier alpha value is -1.72. The highest BCUT2D eigenvalue weighted by Gasteiger charge is 2.26. The number of hydrogen-bond donors (Lipinski definition) is 1. The first-order valence-electron chi connectivity index (χ1n) is 10.0. The number of rotatable bonds is 9. The molecule has 27 heavy (non-hydrogen) atoms. The second kappa shape index (κ2) is 10.6. The number of methoxy groups -OCH3 is 1. The summed E-state index contributed by atoms with van der Waals surface area (Å²) < 4.78 is 5.04. The molecular weight excluding hydrogens is 340 g/mol. The first-order chi connectivity index (χ1) is 12.9. The lowest BCUT2D eigenvalue weighted by Gasteiger charge is -2.31. The number of Topliss-reactive ketones (excluding diaryl/α,β-unsaturated/α-hetero) is 1. The summed E-state index contributed by atoms with van der Waals surface area (Å²) in [5, 5.41) is 2.93. The summed E-state index contributed by atoms with van der Waals surface area (Å²) >= 11 is 0. The lowest BCUT2D eigenvalue weighted by atomic mass is 9.88. The maximum atomic E-state index is 12.8. The maximum Gasteiger partial charge on any atom is 0.234 e. The average molecular weight is 375 g/mol. The largest absolute Gasteiger partial charge is 0.383 e. The number of carbonyl (C=O) groups excluding carboxylic acids is 2. The van der Waals surface area contributed by atoms with Gasteiger partial charge in [0.2, 0.25) is 5.91 Å². The second-order valence-electron chi connectivity index (χ2n) is 8.13. The van der Waals surface area contributed by atoms with Crippen molar-refractivity contribution in [1.29, 1.82) is 0 Å². The Morgan fingerprint density at radius 1 is 1.15 bits per heavy atom. The van der Waals surface area contributed by atoms with Crippen LogP contribution in [0.15, 0.2) is 24.3 Å². The summed E-state index contributed by atoms with van der Waals surface area (Å²) in [4.78, 5) is 27.0. The predicted octanol–water partition coefficient (Wildman–Crippen LogP) is 2.93. The van der Waals surface area contributed by atoms with Crippen LogP contribution in [0.25, 0.3) is 0 Å². The molecule has 150 valence electrons. The van der Waals surface area contributed by atoms with Crippen LogP contribution in [0, 0.1) is 11.8 Å². The fourth-order valence-electron chi connectivity index (χ4n) is 3.68. The summed E-state index contributed by atoms with van der Waals surface area (Å²) in [6.07, 6.45) is 2.67. The molecule has 1 heterocycles. The molecule has 0 aliphatic carbocycles. The fourth-order valence-corrected chi connectivity index (χ4v) is 3.68. The number of amides is 1. The lowest BCUT2D eigenvalue weighted by Crippen LogP contribution is -2.45. The molecule has 1 N–H and O–H groups in total. The van der Waals surface area contributed by atoms with Crippen LogP contribution in [0.2, 0.25) is 0 Å². The average Bonchev–Trinajstić information content (AvgIpc) is 2.62. The van der Waals surface area contributed by atoms with Crippen molar-refractivity contribution in [3.63, 3.8) is 0 Å². The highest BCUT2D eigenvalue weighted by atomic mass is 16.5. The van der Waals surface area contributed by atoms with E-state index in [9.17, 15) is 9.59 Å². The molecule has 1 aromatic carbocycles. The third-order valence-corrected chi connectivity index (χ3v) is 5.03. The number of carbonyl (C=O) groups is 2. The van der Waals surface area contributed by atoms with E-state index in [1.165, 1.54) is 5.56 Å². The van der Waals surface area contributed by atoms with Crippen molar-refractivity contribution in [2.45, 2.75) is 46.1 Å². The first-order valence-corrected chi connectivity index (χ1v) is 10.0. The minimum atomic E-state index is 0.0142. The van der Waals surface area contributed by atoms with Gasteiger partial charge < -0.3 is 10.1 Å². The predicted molar refractivity (Wildman–Crippen MR) is 108 cm³/mol. The first kappa shape index (κ1) is 21.6. The van der Waals surface area contributed by atoms with Crippen molar-refractivity contribution in [3.8, 4) is 0 Å². The Morgan fingerprint density at radius 2 is 1.78 bits per heavy atom. The van der Waals surface area contributed by atoms with E-state index in [-0.39, 0.29) is 23.7 Å². The van der Waals surface area contributed by atoms with E-state index in [1.54, 1.807) is 7.11 Å². The Kier molecular flexibility index (Phi) is 8.45. The zero-order valence-corrected chi connectivity index (χ0v) is 17.2. The van der Waals surface area contributed by atoms with E-state index in [0.29, 0.717) is 19.1 Å². The molecule has 1 amide bonds. The number of nitrogens with zero attached hydrogens (tertiary/aromatic N) is 1. The van der Waals surface area contributed by atoms with Crippen molar-refractivity contribution in [2.24, 2.45) is 11.8 Å². The van der Waals surface area contributed by atoms with E-state index in [0.717, 1.165) is 37.9 Å². The van der Waals surface area contributed by atoms with E-state index < -0.39 is 0 Å². The van der Waals surface area contributed by atoms with Crippen LogP contribution in [-0.4, -0.2) is 56.0 Å². The van der Waals surface area contributed by atoms with Crippen molar-refractivity contribution in [3.05, 3.63) is 35.4 Å². The number of ketones is 1. The Morgan fingerprint density at radius 3 is 2.33 bits per heavy atom. The number of likely N-dealkylation sites (tertiary alicyclic amines) is 1. The van der Waals surface area contributed by atoms with Gasteiger partial charge in [0.1, 0.15) is 0 Å². The summed E-state index contributed by atoms with van der Waals surface area (Å²) in [5.74, 6) is 0.937. The smallest absolute Gasteiger partial charge is 0.234 e. The quantitative estimate of drug-likeness (QED) is 0.675. The zero-order valence-electron chi connectivity index (χ0n) is 17.2. The van der Waals surface area contributed by atoms with Gasteiger partial charge in [0.15, 0.2) is 5.78 Å². The zero-order chi connectivity index (χ0) is 19.8. The molecule has 0 radical (unpaired) electrons. The summed E-state index contributed by atoms with van der Waals surface area (Å²) in [5.41, 5.74) is 2.09. The van der Waals surface area contributed by atoms with Gasteiger partial charge in [-0.25, -0.2) is 0 Å². The maximum absolute atomic E-state index is 12.8. The van der Waals surface area contributed by atoms with Gasteiger partial charge in [-0.2, -0.15) is 0 Å². The minimum Gasteiger partial charge on any atom is -0.383 e. The monoisotopic (exact) mass is 374 g/mol. The molecule has 1 atom stereocenters. The molecule has 0 bridgehead atoms. The molecule has 1 saturated heterocycles. The van der Waals surface area contributed by atoms with Gasteiger partial charge in [0, 0.05) is 24.6 Å². The molecule has 2 rings (SSSR count). The Balaban J connectivity index is 1.79. The van der Waals surface area contributed by atoms with Crippen molar-refractivity contribution in [2.75, 3.05) is 33.4 Å². The highest BCUT2D eigenvalue weighted by molar-refractivity contribution is 5.98. The number of nitrogens with one attached hydrogen (secondary N) is 1. The molecule has 0 spiro atoms. The molecule has 1 aromatic rings. The molecule has 0 aromatic heterocycles. The summed E-state index contributed by atoms with van der Waals surface area (Å²) in [6.45, 7) is 8.80. The van der Waals surface area contributed by atoms with Crippen molar-refractivity contribution < 1.29 is 14.3 Å². The van der Waals surface area contributed by atoms with Crippen molar-refractivity contribution in [1.82, 2.24) is 10.2 Å². The fraction of sp³-hybridized carbons (Fsp3) is 0.636. The van der Waals surface area contributed by atoms with Gasteiger partial charge in [-0.3, -0.25) is 14.5 Å². The third kappa shape index (κ3) is 7.07. The van der Waals surface area contributed by atoms with Crippen LogP contribution in [-0.2, 0) is 16.0 Å². The van der Waals surface area contributed by atoms with E-state index >= 15 is 0 Å². The number of ether oxygens (including phenoxy) is 1. The molecule has 1 unspecified atom stereocenters. The van der Waals surface area contributed by atoms with Gasteiger partial charge >= 0.3 is 0 Å². The molecule has 0 saturated carbocycles. The molecule has 5 heteroatoms. The molecule has 1 fully saturated rings. The highest BCUT2D eigenvalue weighted by Crippen LogP contribution is 2.22. The molecule has 1 aliphatic rings. The van der Waals surface area contributed by atoms with E-state index in [4.69, 9.17) is 4.74 Å². The normalized spacial score (nSPS) is 17.1. The van der Waals surface area contributed by atoms with Crippen LogP contribution in [0.5, 0.6) is 0 Å². The Labute approximate surface area is 163 Å². The van der Waals surface area contributed by atoms with Crippen LogP contribution >= 0.6 is 0 Å². The van der Waals surface area contributed by atoms with Crippen molar-refractivity contribution >= 4 is 11.7 Å². The Bertz CT molecular complexity index is 604. The van der Waals surface area contributed by atoms with Gasteiger partial charge in [0.25, 0.3) is 0 Å². The number of piperidine rings is 1. The van der Waals surface area contributed by atoms with E-state index in [2.05, 4.69) is 36.2 Å². The molecular formula is C22H34N2O3. The topological polar surface area (TPSA) is 58.6 Å². The van der Waals surface area contributed by atoms with Gasteiger partial charge in [-0.15, -0.1) is 0 Å². The lowest BCUT2D eigenvalue weighted by molar-refractivity contribution is -0.123. The van der Waals surface area contributed by atoms with Crippen LogP contribution in [0.3, 0.4) is 0 Å². The van der Waals surface area contributed by atoms with Crippen LogP contribution in [0.1, 0.15) is 49.5 Å². The number of benzene rings is 1. The molecule has 1 aliphatic heterocycles. The summed E-state index contributed by atoms with van der Waals surface area (Å²) in [6, 6.07) is 8.11. The van der Waals surface area contributed by atoms with Crippen LogP contribution < -0.4 is 5.32 Å².